The number of benzene rings is 1. The van der Waals surface area contributed by atoms with Gasteiger partial charge in [0.2, 0.25) is 0 Å². The van der Waals surface area contributed by atoms with Crippen LogP contribution in [0.4, 0.5) is 5.69 Å². The summed E-state index contributed by atoms with van der Waals surface area (Å²) in [6.07, 6.45) is 0. The van der Waals surface area contributed by atoms with Gasteiger partial charge in [0.15, 0.2) is 11.5 Å². The van der Waals surface area contributed by atoms with Crippen LogP contribution in [0, 0.1) is 0 Å². The summed E-state index contributed by atoms with van der Waals surface area (Å²) < 4.78 is 11.8. The Bertz CT molecular complexity index is 866. The fourth-order valence-electron chi connectivity index (χ4n) is 2.96. The van der Waals surface area contributed by atoms with Crippen LogP contribution in [0.2, 0.25) is 4.34 Å². The van der Waals surface area contributed by atoms with Crippen molar-refractivity contribution in [3.63, 3.8) is 0 Å². The molecule has 0 saturated carbocycles. The average Bonchev–Trinajstić information content (AvgIpc) is 3.10. The Morgan fingerprint density at radius 2 is 1.92 bits per heavy atom. The molecule has 0 saturated heterocycles. The number of Topliss-reactive ketones (excluding diaryl/α,β-unsaturated/α-hetero) is 1. The second-order valence-corrected chi connectivity index (χ2v) is 7.74. The van der Waals surface area contributed by atoms with Crippen LogP contribution >= 0.6 is 22.9 Å². The minimum Gasteiger partial charge on any atom is -0.486 e. The lowest BCUT2D eigenvalue weighted by Crippen LogP contribution is -2.38. The summed E-state index contributed by atoms with van der Waals surface area (Å²) in [7, 11) is 1.89. The summed E-state index contributed by atoms with van der Waals surface area (Å²) in [4.78, 5) is 29.3. The lowest BCUT2D eigenvalue weighted by atomic mass is 10.1. The normalized spacial score (nSPS) is 15.9. The summed E-state index contributed by atoms with van der Waals surface area (Å²) >= 11 is 7.45. The molecule has 0 aliphatic carbocycles. The number of fused-ring (bicyclic) bond motifs is 2. The number of hydrogen-bond acceptors (Lipinski definition) is 6. The molecule has 1 aromatic carbocycles. The number of rotatable bonds is 4. The highest BCUT2D eigenvalue weighted by atomic mass is 35.5. The molecule has 8 heteroatoms. The molecule has 6 nitrogen and oxygen atoms in total. The molecule has 0 spiro atoms. The molecule has 1 amide bonds. The second-order valence-electron chi connectivity index (χ2n) is 5.94. The zero-order chi connectivity index (χ0) is 17.6. The Kier molecular flexibility index (Phi) is 4.15. The van der Waals surface area contributed by atoms with Crippen molar-refractivity contribution in [3.05, 3.63) is 39.0 Å². The largest absolute Gasteiger partial charge is 0.486 e. The first kappa shape index (κ1) is 16.4. The van der Waals surface area contributed by atoms with E-state index in [2.05, 4.69) is 0 Å². The molecule has 2 aliphatic heterocycles. The number of amides is 1. The predicted octanol–water partition coefficient (Wildman–Crippen LogP) is 2.79. The van der Waals surface area contributed by atoms with Crippen LogP contribution in [-0.4, -0.2) is 43.5 Å². The van der Waals surface area contributed by atoms with Crippen LogP contribution in [0.5, 0.6) is 11.5 Å². The van der Waals surface area contributed by atoms with Crippen molar-refractivity contribution >= 4 is 40.3 Å². The molecule has 0 radical (unpaired) electrons. The minimum atomic E-state index is -0.534. The van der Waals surface area contributed by atoms with Crippen molar-refractivity contribution in [2.45, 2.75) is 6.54 Å². The van der Waals surface area contributed by atoms with E-state index in [1.807, 2.05) is 24.1 Å². The van der Waals surface area contributed by atoms with Crippen molar-refractivity contribution in [2.75, 3.05) is 31.8 Å². The summed E-state index contributed by atoms with van der Waals surface area (Å²) in [5, 5.41) is 0. The first-order chi connectivity index (χ1) is 12.0. The molecule has 4 rings (SSSR count). The highest BCUT2D eigenvalue weighted by Gasteiger charge is 2.38. The smallest absolute Gasteiger partial charge is 0.300 e. The fraction of sp³-hybridized carbons (Fsp3) is 0.294. The molecule has 0 unspecified atom stereocenters. The van der Waals surface area contributed by atoms with Gasteiger partial charge in [-0.2, -0.15) is 0 Å². The van der Waals surface area contributed by atoms with Gasteiger partial charge in [0.1, 0.15) is 13.2 Å². The van der Waals surface area contributed by atoms with E-state index in [-0.39, 0.29) is 0 Å². The first-order valence-electron chi connectivity index (χ1n) is 7.75. The van der Waals surface area contributed by atoms with Crippen LogP contribution in [-0.2, 0) is 11.3 Å². The number of hydrogen-bond donors (Lipinski definition) is 0. The van der Waals surface area contributed by atoms with Crippen molar-refractivity contribution in [1.82, 2.24) is 4.90 Å². The van der Waals surface area contributed by atoms with Gasteiger partial charge in [-0.15, -0.1) is 11.3 Å². The quantitative estimate of drug-likeness (QED) is 0.766. The maximum atomic E-state index is 12.4. The van der Waals surface area contributed by atoms with Gasteiger partial charge in [0.25, 0.3) is 5.78 Å². The van der Waals surface area contributed by atoms with Gasteiger partial charge < -0.3 is 9.47 Å². The zero-order valence-electron chi connectivity index (χ0n) is 13.5. The summed E-state index contributed by atoms with van der Waals surface area (Å²) in [6.45, 7) is 1.82. The van der Waals surface area contributed by atoms with E-state index in [1.54, 1.807) is 12.1 Å². The Balaban J connectivity index is 1.58. The number of ketones is 1. The molecule has 2 aromatic rings. The van der Waals surface area contributed by atoms with Gasteiger partial charge in [-0.05, 0) is 25.2 Å². The van der Waals surface area contributed by atoms with Gasteiger partial charge in [-0.1, -0.05) is 11.6 Å². The van der Waals surface area contributed by atoms with Crippen LogP contribution in [0.1, 0.15) is 15.2 Å². The number of ether oxygens (including phenoxy) is 2. The van der Waals surface area contributed by atoms with E-state index >= 15 is 0 Å². The molecule has 25 heavy (non-hydrogen) atoms. The van der Waals surface area contributed by atoms with Crippen molar-refractivity contribution in [2.24, 2.45) is 0 Å². The molecule has 0 fully saturated rings. The van der Waals surface area contributed by atoms with E-state index in [4.69, 9.17) is 21.1 Å². The maximum Gasteiger partial charge on any atom is 0.300 e. The molecule has 2 aliphatic rings. The lowest BCUT2D eigenvalue weighted by molar-refractivity contribution is -0.114. The topological polar surface area (TPSA) is 59.1 Å². The number of carbonyl (C=O) groups is 2. The monoisotopic (exact) mass is 378 g/mol. The standard InChI is InChI=1S/C17H15ClN2O4S/c1-19(8-10-2-3-15(18)25-10)9-20-12-7-14-13(23-4-5-24-14)6-11(12)16(21)17(20)22/h2-3,6-7H,4-5,8-9H2,1H3. The van der Waals surface area contributed by atoms with Gasteiger partial charge in [-0.25, -0.2) is 0 Å². The van der Waals surface area contributed by atoms with E-state index in [1.165, 1.54) is 16.2 Å². The zero-order valence-corrected chi connectivity index (χ0v) is 15.0. The molecular weight excluding hydrogens is 364 g/mol. The summed E-state index contributed by atoms with van der Waals surface area (Å²) in [5.41, 5.74) is 0.928. The van der Waals surface area contributed by atoms with Crippen LogP contribution in [0.3, 0.4) is 0 Å². The third-order valence-electron chi connectivity index (χ3n) is 4.07. The third kappa shape index (κ3) is 2.99. The van der Waals surface area contributed by atoms with Gasteiger partial charge in [-0.3, -0.25) is 19.4 Å². The second kappa shape index (κ2) is 6.33. The van der Waals surface area contributed by atoms with E-state index in [0.717, 1.165) is 9.21 Å². The van der Waals surface area contributed by atoms with Gasteiger partial charge >= 0.3 is 5.91 Å². The maximum absolute atomic E-state index is 12.4. The molecule has 130 valence electrons. The van der Waals surface area contributed by atoms with E-state index < -0.39 is 11.7 Å². The Labute approximate surface area is 153 Å². The molecular formula is C17H15ClN2O4S. The average molecular weight is 379 g/mol. The highest BCUT2D eigenvalue weighted by molar-refractivity contribution is 7.16. The number of thiophene rings is 1. The summed E-state index contributed by atoms with van der Waals surface area (Å²) in [5.74, 6) is 0.0210. The number of halogens is 1. The SMILES string of the molecule is CN(Cc1ccc(Cl)s1)CN1C(=O)C(=O)c2cc3c(cc21)OCCO3. The molecule has 0 bridgehead atoms. The highest BCUT2D eigenvalue weighted by Crippen LogP contribution is 2.40. The lowest BCUT2D eigenvalue weighted by Gasteiger charge is -2.25. The van der Waals surface area contributed by atoms with Crippen molar-refractivity contribution < 1.29 is 19.1 Å². The Morgan fingerprint density at radius 1 is 1.20 bits per heavy atom. The fourth-order valence-corrected chi connectivity index (χ4v) is 4.13. The number of nitrogens with zero attached hydrogens (tertiary/aromatic N) is 2. The van der Waals surface area contributed by atoms with Crippen molar-refractivity contribution in [1.29, 1.82) is 0 Å². The van der Waals surface area contributed by atoms with E-state index in [0.29, 0.717) is 49.2 Å². The third-order valence-corrected chi connectivity index (χ3v) is 5.29. The Hall–Kier alpha value is -2.09. The molecule has 0 atom stereocenters. The van der Waals surface area contributed by atoms with Crippen LogP contribution in [0.15, 0.2) is 24.3 Å². The molecule has 1 aromatic heterocycles. The van der Waals surface area contributed by atoms with Crippen molar-refractivity contribution in [3.8, 4) is 11.5 Å². The van der Waals surface area contributed by atoms with E-state index in [9.17, 15) is 9.59 Å². The first-order valence-corrected chi connectivity index (χ1v) is 8.95. The number of carbonyl (C=O) groups excluding carboxylic acids is 2. The Morgan fingerprint density at radius 3 is 2.60 bits per heavy atom. The van der Waals surface area contributed by atoms with Gasteiger partial charge in [0, 0.05) is 17.5 Å². The van der Waals surface area contributed by atoms with Crippen LogP contribution in [0.25, 0.3) is 0 Å². The minimum absolute atomic E-state index is 0.298. The predicted molar refractivity (Wildman–Crippen MR) is 94.9 cm³/mol. The molecule has 0 N–H and O–H groups in total. The van der Waals surface area contributed by atoms with Crippen LogP contribution < -0.4 is 14.4 Å². The molecule has 3 heterocycles. The van der Waals surface area contributed by atoms with Gasteiger partial charge in [0.05, 0.1) is 22.3 Å². The number of anilines is 1. The summed E-state index contributed by atoms with van der Waals surface area (Å²) in [6, 6.07) is 7.11.